The second-order valence-electron chi connectivity index (χ2n) is 5.11. The molecule has 2 heterocycles. The highest BCUT2D eigenvalue weighted by molar-refractivity contribution is 6.09. The molecule has 0 bridgehead atoms. The third-order valence-electron chi connectivity index (χ3n) is 3.56. The van der Waals surface area contributed by atoms with Gasteiger partial charge in [-0.2, -0.15) is 0 Å². The van der Waals surface area contributed by atoms with Crippen molar-refractivity contribution in [1.29, 1.82) is 0 Å². The highest BCUT2D eigenvalue weighted by atomic mass is 16.3. The van der Waals surface area contributed by atoms with E-state index in [1.54, 1.807) is 43.4 Å². The highest BCUT2D eigenvalue weighted by Gasteiger charge is 2.35. The molecule has 22 heavy (non-hydrogen) atoms. The lowest BCUT2D eigenvalue weighted by Gasteiger charge is -2.17. The summed E-state index contributed by atoms with van der Waals surface area (Å²) in [5.74, 6) is 0.191. The van der Waals surface area contributed by atoms with Gasteiger partial charge in [0.2, 0.25) is 0 Å². The fourth-order valence-electron chi connectivity index (χ4n) is 2.39. The number of hydrogen-bond donors (Lipinski definition) is 1. The van der Waals surface area contributed by atoms with E-state index in [-0.39, 0.29) is 18.4 Å². The first kappa shape index (κ1) is 14.2. The number of nitrogens with zero attached hydrogens (tertiary/aromatic N) is 3. The maximum Gasteiger partial charge on any atom is 0.327 e. The molecule has 1 aliphatic heterocycles. The summed E-state index contributed by atoms with van der Waals surface area (Å²) < 4.78 is 0. The van der Waals surface area contributed by atoms with E-state index in [2.05, 4.69) is 4.98 Å². The largest absolute Gasteiger partial charge is 0.371 e. The molecule has 1 N–H and O–H groups in total. The summed E-state index contributed by atoms with van der Waals surface area (Å²) in [6.07, 6.45) is 0.490. The van der Waals surface area contributed by atoms with Gasteiger partial charge in [0.25, 0.3) is 0 Å². The minimum atomic E-state index is -0.930. The topological polar surface area (TPSA) is 73.7 Å². The second kappa shape index (κ2) is 5.57. The molecule has 0 spiro atoms. The highest BCUT2D eigenvalue weighted by Crippen LogP contribution is 2.21. The van der Waals surface area contributed by atoms with Gasteiger partial charge >= 0.3 is 6.03 Å². The zero-order valence-electron chi connectivity index (χ0n) is 12.0. The van der Waals surface area contributed by atoms with E-state index in [0.717, 1.165) is 0 Å². The molecule has 1 aromatic carbocycles. The molecule has 1 fully saturated rings. The van der Waals surface area contributed by atoms with Crippen molar-refractivity contribution in [3.05, 3.63) is 59.8 Å². The van der Waals surface area contributed by atoms with E-state index >= 15 is 0 Å². The van der Waals surface area contributed by atoms with Crippen molar-refractivity contribution in [3.63, 3.8) is 0 Å². The van der Waals surface area contributed by atoms with Crippen molar-refractivity contribution in [2.75, 3.05) is 18.5 Å². The molecule has 1 aromatic heterocycles. The lowest BCUT2D eigenvalue weighted by molar-refractivity contribution is 0.103. The van der Waals surface area contributed by atoms with Gasteiger partial charge in [0.05, 0.1) is 6.54 Å². The minimum Gasteiger partial charge on any atom is -0.371 e. The van der Waals surface area contributed by atoms with Crippen molar-refractivity contribution in [2.45, 2.75) is 6.23 Å². The van der Waals surface area contributed by atoms with Crippen LogP contribution in [-0.2, 0) is 0 Å². The van der Waals surface area contributed by atoms with Gasteiger partial charge in [-0.15, -0.1) is 0 Å². The number of rotatable bonds is 3. The predicted octanol–water partition coefficient (Wildman–Crippen LogP) is 1.50. The molecule has 6 nitrogen and oxygen atoms in total. The lowest BCUT2D eigenvalue weighted by Crippen LogP contribution is -2.34. The van der Waals surface area contributed by atoms with Gasteiger partial charge in [0, 0.05) is 24.4 Å². The lowest BCUT2D eigenvalue weighted by atomic mass is 10.1. The number of pyridine rings is 1. The summed E-state index contributed by atoms with van der Waals surface area (Å²) in [5, 5.41) is 9.90. The van der Waals surface area contributed by atoms with Crippen LogP contribution in [-0.4, -0.2) is 46.6 Å². The zero-order chi connectivity index (χ0) is 15.7. The van der Waals surface area contributed by atoms with E-state index in [9.17, 15) is 14.7 Å². The first-order valence-electron chi connectivity index (χ1n) is 6.86. The van der Waals surface area contributed by atoms with Gasteiger partial charge in [-0.3, -0.25) is 4.79 Å². The van der Waals surface area contributed by atoms with Crippen LogP contribution in [0.15, 0.2) is 48.7 Å². The quantitative estimate of drug-likeness (QED) is 0.871. The van der Waals surface area contributed by atoms with Gasteiger partial charge in [0.15, 0.2) is 12.0 Å². The first-order valence-corrected chi connectivity index (χ1v) is 6.86. The summed E-state index contributed by atoms with van der Waals surface area (Å²) >= 11 is 0. The van der Waals surface area contributed by atoms with E-state index in [0.29, 0.717) is 16.9 Å². The Hall–Kier alpha value is -2.73. The zero-order valence-corrected chi connectivity index (χ0v) is 12.0. The normalized spacial score (nSPS) is 17.9. The van der Waals surface area contributed by atoms with Crippen LogP contribution in [0.4, 0.5) is 10.6 Å². The Labute approximate surface area is 127 Å². The van der Waals surface area contributed by atoms with Crippen molar-refractivity contribution in [3.8, 4) is 0 Å². The average Bonchev–Trinajstić information content (AvgIpc) is 2.80. The van der Waals surface area contributed by atoms with Crippen LogP contribution in [0.2, 0.25) is 0 Å². The van der Waals surface area contributed by atoms with Gasteiger partial charge in [0.1, 0.15) is 5.82 Å². The van der Waals surface area contributed by atoms with Gasteiger partial charge in [-0.1, -0.05) is 30.3 Å². The summed E-state index contributed by atoms with van der Waals surface area (Å²) in [7, 11) is 1.61. The van der Waals surface area contributed by atoms with Crippen molar-refractivity contribution < 1.29 is 14.7 Å². The van der Waals surface area contributed by atoms with Crippen molar-refractivity contribution in [1.82, 2.24) is 9.88 Å². The number of carbonyl (C=O) groups is 2. The third-order valence-corrected chi connectivity index (χ3v) is 3.56. The molecule has 1 unspecified atom stereocenters. The fraction of sp³-hybridized carbons (Fsp3) is 0.188. The molecule has 0 aliphatic carbocycles. The number of carbonyl (C=O) groups excluding carboxylic acids is 2. The Bertz CT molecular complexity index is 700. The van der Waals surface area contributed by atoms with Crippen LogP contribution in [0, 0.1) is 0 Å². The number of aromatic nitrogens is 1. The van der Waals surface area contributed by atoms with E-state index in [4.69, 9.17) is 0 Å². The van der Waals surface area contributed by atoms with Crippen LogP contribution in [0.1, 0.15) is 15.9 Å². The maximum absolute atomic E-state index is 12.3. The summed E-state index contributed by atoms with van der Waals surface area (Å²) in [5.41, 5.74) is 1.01. The Morgan fingerprint density at radius 2 is 1.91 bits per heavy atom. The number of β-amino-alcohol motifs (C(OH)–C–C–N with tert-alkyl or cyclic N) is 1. The number of ketones is 1. The Morgan fingerprint density at radius 1 is 1.18 bits per heavy atom. The molecule has 1 saturated heterocycles. The number of amides is 2. The second-order valence-corrected chi connectivity index (χ2v) is 5.11. The fourth-order valence-corrected chi connectivity index (χ4v) is 2.39. The summed E-state index contributed by atoms with van der Waals surface area (Å²) in [6, 6.07) is 11.8. The predicted molar refractivity (Wildman–Crippen MR) is 80.6 cm³/mol. The van der Waals surface area contributed by atoms with Crippen LogP contribution >= 0.6 is 0 Å². The molecule has 0 radical (unpaired) electrons. The number of aliphatic hydroxyl groups is 1. The standard InChI is InChI=1S/C16H15N3O3/c1-18-10-14(20)19(16(18)22)13-8-7-12(9-17-13)15(21)11-5-3-2-4-6-11/h2-9,14,20H,10H2,1H3. The van der Waals surface area contributed by atoms with Gasteiger partial charge in [-0.25, -0.2) is 14.7 Å². The Balaban J connectivity index is 1.85. The van der Waals surface area contributed by atoms with Crippen molar-refractivity contribution in [2.24, 2.45) is 0 Å². The third kappa shape index (κ3) is 2.44. The van der Waals surface area contributed by atoms with E-state index in [1.165, 1.54) is 16.0 Å². The van der Waals surface area contributed by atoms with Crippen LogP contribution < -0.4 is 4.90 Å². The van der Waals surface area contributed by atoms with Crippen LogP contribution in [0.3, 0.4) is 0 Å². The van der Waals surface area contributed by atoms with E-state index < -0.39 is 6.23 Å². The Kier molecular flexibility index (Phi) is 3.60. The minimum absolute atomic E-state index is 0.134. The smallest absolute Gasteiger partial charge is 0.327 e. The molecule has 3 rings (SSSR count). The van der Waals surface area contributed by atoms with E-state index in [1.807, 2.05) is 6.07 Å². The van der Waals surface area contributed by atoms with Gasteiger partial charge < -0.3 is 10.0 Å². The van der Waals surface area contributed by atoms with Gasteiger partial charge in [-0.05, 0) is 12.1 Å². The monoisotopic (exact) mass is 297 g/mol. The van der Waals surface area contributed by atoms with Crippen LogP contribution in [0.5, 0.6) is 0 Å². The van der Waals surface area contributed by atoms with Crippen molar-refractivity contribution >= 4 is 17.6 Å². The maximum atomic E-state index is 12.3. The molecule has 112 valence electrons. The number of anilines is 1. The number of aliphatic hydroxyl groups excluding tert-OH is 1. The average molecular weight is 297 g/mol. The molecule has 6 heteroatoms. The molecule has 0 saturated carbocycles. The molecule has 1 atom stereocenters. The summed E-state index contributed by atoms with van der Waals surface area (Å²) in [4.78, 5) is 31.0. The summed E-state index contributed by atoms with van der Waals surface area (Å²) in [6.45, 7) is 0.227. The number of hydrogen-bond acceptors (Lipinski definition) is 4. The molecule has 2 aromatic rings. The Morgan fingerprint density at radius 3 is 2.45 bits per heavy atom. The molecular formula is C16H15N3O3. The molecular weight excluding hydrogens is 282 g/mol. The number of likely N-dealkylation sites (N-methyl/N-ethyl adjacent to an activating group) is 1. The number of benzene rings is 1. The molecule has 1 aliphatic rings. The number of urea groups is 1. The SMILES string of the molecule is CN1CC(O)N(c2ccc(C(=O)c3ccccc3)cn2)C1=O. The van der Waals surface area contributed by atoms with Crippen LogP contribution in [0.25, 0.3) is 0 Å². The first-order chi connectivity index (χ1) is 10.6. The molecule has 2 amide bonds.